The Morgan fingerprint density at radius 3 is 2.61 bits per heavy atom. The Hall–Kier alpha value is -1.78. The molecule has 1 aliphatic heterocycles. The fraction of sp³-hybridized carbons (Fsp3) is 0.421. The van der Waals surface area contributed by atoms with E-state index in [1.54, 1.807) is 6.07 Å². The molecule has 0 amide bonds. The zero-order chi connectivity index (χ0) is 16.1. The van der Waals surface area contributed by atoms with Crippen LogP contribution in [0.5, 0.6) is 0 Å². The quantitative estimate of drug-likeness (QED) is 0.863. The van der Waals surface area contributed by atoms with Gasteiger partial charge in [-0.3, -0.25) is 14.8 Å². The van der Waals surface area contributed by atoms with Gasteiger partial charge in [0.1, 0.15) is 5.82 Å². The van der Waals surface area contributed by atoms with E-state index in [0.29, 0.717) is 6.04 Å². The fourth-order valence-corrected chi connectivity index (χ4v) is 3.09. The third-order valence-corrected chi connectivity index (χ3v) is 4.59. The molecule has 1 aromatic heterocycles. The Morgan fingerprint density at radius 1 is 1.04 bits per heavy atom. The van der Waals surface area contributed by atoms with Crippen LogP contribution < -0.4 is 0 Å². The summed E-state index contributed by atoms with van der Waals surface area (Å²) in [7, 11) is 0. The average molecular weight is 313 g/mol. The summed E-state index contributed by atoms with van der Waals surface area (Å²) >= 11 is 0. The maximum Gasteiger partial charge on any atom is 0.141 e. The normalized spacial score (nSPS) is 20.3. The lowest BCUT2D eigenvalue weighted by atomic mass is 10.1. The predicted molar refractivity (Wildman–Crippen MR) is 90.4 cm³/mol. The Morgan fingerprint density at radius 2 is 1.87 bits per heavy atom. The van der Waals surface area contributed by atoms with Gasteiger partial charge in [-0.2, -0.15) is 0 Å². The minimum absolute atomic E-state index is 0.271. The number of halogens is 1. The molecule has 3 nitrogen and oxygen atoms in total. The van der Waals surface area contributed by atoms with Crippen LogP contribution in [0.15, 0.2) is 48.7 Å². The summed E-state index contributed by atoms with van der Waals surface area (Å²) in [5, 5.41) is 0. The smallest absolute Gasteiger partial charge is 0.141 e. The molecule has 0 aliphatic carbocycles. The topological polar surface area (TPSA) is 19.4 Å². The average Bonchev–Trinajstić information content (AvgIpc) is 2.74. The van der Waals surface area contributed by atoms with Gasteiger partial charge in [-0.15, -0.1) is 0 Å². The van der Waals surface area contributed by atoms with Gasteiger partial charge in [0, 0.05) is 38.8 Å². The largest absolute Gasteiger partial charge is 0.296 e. The number of rotatable bonds is 4. The fourth-order valence-electron chi connectivity index (χ4n) is 3.09. The van der Waals surface area contributed by atoms with E-state index in [1.165, 1.54) is 17.8 Å². The molecule has 3 rings (SSSR count). The highest BCUT2D eigenvalue weighted by atomic mass is 19.1. The lowest BCUT2D eigenvalue weighted by molar-refractivity contribution is 0.205. The first-order chi connectivity index (χ1) is 11.2. The predicted octanol–water partition coefficient (Wildman–Crippen LogP) is 3.32. The summed E-state index contributed by atoms with van der Waals surface area (Å²) < 4.78 is 13.0. The molecule has 0 bridgehead atoms. The molecule has 1 aromatic carbocycles. The van der Waals surface area contributed by atoms with E-state index in [-0.39, 0.29) is 5.82 Å². The lowest BCUT2D eigenvalue weighted by Gasteiger charge is -2.26. The van der Waals surface area contributed by atoms with Crippen LogP contribution in [0.1, 0.15) is 24.6 Å². The second-order valence-corrected chi connectivity index (χ2v) is 6.34. The molecule has 1 saturated heterocycles. The van der Waals surface area contributed by atoms with E-state index in [4.69, 9.17) is 0 Å². The van der Waals surface area contributed by atoms with Gasteiger partial charge in [0.15, 0.2) is 0 Å². The van der Waals surface area contributed by atoms with Crippen molar-refractivity contribution in [1.82, 2.24) is 14.8 Å². The standard InChI is InChI=1S/C19H24FN3/c1-16-9-10-22(15-19-8-7-18(20)13-21-19)11-12-23(16)14-17-5-3-2-4-6-17/h2-8,13,16H,9-12,14-15H2,1H3. The first kappa shape index (κ1) is 16.1. The summed E-state index contributed by atoms with van der Waals surface area (Å²) in [4.78, 5) is 9.15. The molecule has 1 unspecified atom stereocenters. The monoisotopic (exact) mass is 313 g/mol. The van der Waals surface area contributed by atoms with Crippen molar-refractivity contribution >= 4 is 0 Å². The van der Waals surface area contributed by atoms with Gasteiger partial charge < -0.3 is 0 Å². The van der Waals surface area contributed by atoms with Crippen LogP contribution in [0.2, 0.25) is 0 Å². The minimum Gasteiger partial charge on any atom is -0.296 e. The van der Waals surface area contributed by atoms with Crippen LogP contribution >= 0.6 is 0 Å². The Labute approximate surface area is 137 Å². The van der Waals surface area contributed by atoms with Gasteiger partial charge in [0.2, 0.25) is 0 Å². The van der Waals surface area contributed by atoms with Crippen molar-refractivity contribution in [1.29, 1.82) is 0 Å². The first-order valence-electron chi connectivity index (χ1n) is 8.31. The SMILES string of the molecule is CC1CCN(Cc2ccc(F)cn2)CCN1Cc1ccccc1. The zero-order valence-corrected chi connectivity index (χ0v) is 13.7. The molecule has 2 heterocycles. The van der Waals surface area contributed by atoms with Gasteiger partial charge >= 0.3 is 0 Å². The van der Waals surface area contributed by atoms with E-state index in [0.717, 1.165) is 44.8 Å². The lowest BCUT2D eigenvalue weighted by Crippen LogP contribution is -2.34. The summed E-state index contributed by atoms with van der Waals surface area (Å²) in [6.07, 6.45) is 2.45. The molecule has 0 radical (unpaired) electrons. The number of hydrogen-bond donors (Lipinski definition) is 0. The van der Waals surface area contributed by atoms with Gasteiger partial charge in [0.05, 0.1) is 11.9 Å². The molecular weight excluding hydrogens is 289 g/mol. The maximum absolute atomic E-state index is 13.0. The summed E-state index contributed by atoms with van der Waals surface area (Å²) in [5.41, 5.74) is 2.31. The second kappa shape index (κ2) is 7.66. The maximum atomic E-state index is 13.0. The number of benzene rings is 1. The molecule has 23 heavy (non-hydrogen) atoms. The highest BCUT2D eigenvalue weighted by Gasteiger charge is 2.21. The molecule has 0 spiro atoms. The molecule has 1 aliphatic rings. The van der Waals surface area contributed by atoms with Crippen LogP contribution in [0.25, 0.3) is 0 Å². The molecule has 4 heteroatoms. The van der Waals surface area contributed by atoms with Crippen molar-refractivity contribution in [2.24, 2.45) is 0 Å². The van der Waals surface area contributed by atoms with Crippen molar-refractivity contribution in [2.75, 3.05) is 19.6 Å². The van der Waals surface area contributed by atoms with Crippen molar-refractivity contribution in [2.45, 2.75) is 32.5 Å². The highest BCUT2D eigenvalue weighted by molar-refractivity contribution is 5.14. The van der Waals surface area contributed by atoms with E-state index in [9.17, 15) is 4.39 Å². The number of aromatic nitrogens is 1. The van der Waals surface area contributed by atoms with E-state index in [2.05, 4.69) is 52.0 Å². The number of hydrogen-bond acceptors (Lipinski definition) is 3. The van der Waals surface area contributed by atoms with Crippen molar-refractivity contribution in [3.63, 3.8) is 0 Å². The summed E-state index contributed by atoms with van der Waals surface area (Å²) in [6, 6.07) is 14.5. The molecule has 2 aromatic rings. The van der Waals surface area contributed by atoms with E-state index < -0.39 is 0 Å². The van der Waals surface area contributed by atoms with Gasteiger partial charge in [-0.05, 0) is 31.0 Å². The highest BCUT2D eigenvalue weighted by Crippen LogP contribution is 2.16. The Balaban J connectivity index is 1.58. The molecule has 122 valence electrons. The van der Waals surface area contributed by atoms with Crippen molar-refractivity contribution < 1.29 is 4.39 Å². The van der Waals surface area contributed by atoms with Gasteiger partial charge in [0.25, 0.3) is 0 Å². The molecule has 1 fully saturated rings. The molecule has 1 atom stereocenters. The third kappa shape index (κ3) is 4.60. The molecule has 0 N–H and O–H groups in total. The minimum atomic E-state index is -0.271. The zero-order valence-electron chi connectivity index (χ0n) is 13.7. The van der Waals surface area contributed by atoms with Crippen LogP contribution in [0.4, 0.5) is 4.39 Å². The molecular formula is C19H24FN3. The summed E-state index contributed by atoms with van der Waals surface area (Å²) in [5.74, 6) is -0.271. The molecule has 0 saturated carbocycles. The Kier molecular flexibility index (Phi) is 5.36. The number of pyridine rings is 1. The van der Waals surface area contributed by atoms with E-state index >= 15 is 0 Å². The van der Waals surface area contributed by atoms with Gasteiger partial charge in [-0.25, -0.2) is 4.39 Å². The van der Waals surface area contributed by atoms with Crippen LogP contribution in [0.3, 0.4) is 0 Å². The van der Waals surface area contributed by atoms with Crippen molar-refractivity contribution in [3.05, 3.63) is 65.7 Å². The van der Waals surface area contributed by atoms with E-state index in [1.807, 2.05) is 0 Å². The third-order valence-electron chi connectivity index (χ3n) is 4.59. The second-order valence-electron chi connectivity index (χ2n) is 6.34. The summed E-state index contributed by atoms with van der Waals surface area (Å²) in [6.45, 7) is 7.25. The van der Waals surface area contributed by atoms with Crippen LogP contribution in [-0.4, -0.2) is 40.5 Å². The van der Waals surface area contributed by atoms with Gasteiger partial charge in [-0.1, -0.05) is 30.3 Å². The first-order valence-corrected chi connectivity index (χ1v) is 8.31. The van der Waals surface area contributed by atoms with Crippen LogP contribution in [-0.2, 0) is 13.1 Å². The Bertz CT molecular complexity index is 600. The van der Waals surface area contributed by atoms with Crippen molar-refractivity contribution in [3.8, 4) is 0 Å². The number of nitrogens with zero attached hydrogens (tertiary/aromatic N) is 3. The van der Waals surface area contributed by atoms with Crippen LogP contribution in [0, 0.1) is 5.82 Å².